The lowest BCUT2D eigenvalue weighted by Crippen LogP contribution is -2.34. The Morgan fingerprint density at radius 2 is 1.50 bits per heavy atom. The third kappa shape index (κ3) is 6.51. The van der Waals surface area contributed by atoms with Crippen LogP contribution in [0.25, 0.3) is 0 Å². The Hall–Kier alpha value is -3.19. The molecule has 146 valence electrons. The molecular weight excluding hydrogens is 386 g/mol. The van der Waals surface area contributed by atoms with Crippen molar-refractivity contribution in [3.63, 3.8) is 0 Å². The first-order valence-corrected chi connectivity index (χ1v) is 8.69. The van der Waals surface area contributed by atoms with E-state index in [0.717, 1.165) is 0 Å². The Kier molecular flexibility index (Phi) is 7.71. The molecule has 0 aliphatic heterocycles. The van der Waals surface area contributed by atoms with Gasteiger partial charge in [0.1, 0.15) is 5.75 Å². The third-order valence-electron chi connectivity index (χ3n) is 3.69. The molecule has 7 nitrogen and oxygen atoms in total. The van der Waals surface area contributed by atoms with Crippen LogP contribution in [0.4, 0.5) is 0 Å². The second kappa shape index (κ2) is 10.2. The van der Waals surface area contributed by atoms with Crippen LogP contribution in [0.15, 0.2) is 48.5 Å². The molecule has 0 unspecified atom stereocenters. The molecule has 2 aromatic carbocycles. The van der Waals surface area contributed by atoms with Gasteiger partial charge in [-0.05, 0) is 48.5 Å². The van der Waals surface area contributed by atoms with E-state index >= 15 is 0 Å². The minimum absolute atomic E-state index is 0.0626. The molecule has 0 fully saturated rings. The summed E-state index contributed by atoms with van der Waals surface area (Å²) in [7, 11) is 1.50. The number of amides is 2. The van der Waals surface area contributed by atoms with E-state index in [1.54, 1.807) is 36.4 Å². The lowest BCUT2D eigenvalue weighted by molar-refractivity contribution is -0.148. The first kappa shape index (κ1) is 21.1. The number of methoxy groups -OCH3 is 1. The second-order valence-corrected chi connectivity index (χ2v) is 6.13. The van der Waals surface area contributed by atoms with E-state index in [4.69, 9.17) is 21.1 Å². The molecule has 0 heterocycles. The number of carbonyl (C=O) groups is 4. The smallest absolute Gasteiger partial charge is 0.306 e. The molecule has 0 saturated heterocycles. The first-order chi connectivity index (χ1) is 13.4. The van der Waals surface area contributed by atoms with Crippen LogP contribution in [0, 0.1) is 0 Å². The number of ether oxygens (including phenoxy) is 2. The maximum absolute atomic E-state index is 12.0. The van der Waals surface area contributed by atoms with E-state index in [0.29, 0.717) is 16.3 Å². The zero-order valence-corrected chi connectivity index (χ0v) is 15.8. The summed E-state index contributed by atoms with van der Waals surface area (Å²) in [5.41, 5.74) is 0.689. The highest BCUT2D eigenvalue weighted by Crippen LogP contribution is 2.12. The SMILES string of the molecule is COc1ccc(C(=O)NC(=O)COC(=O)CCC(=O)c2ccc(Cl)cc2)cc1. The molecule has 28 heavy (non-hydrogen) atoms. The third-order valence-corrected chi connectivity index (χ3v) is 3.94. The van der Waals surface area contributed by atoms with Crippen LogP contribution in [0.2, 0.25) is 5.02 Å². The molecule has 2 amide bonds. The minimum Gasteiger partial charge on any atom is -0.497 e. The number of rotatable bonds is 8. The second-order valence-electron chi connectivity index (χ2n) is 5.70. The topological polar surface area (TPSA) is 98.8 Å². The van der Waals surface area contributed by atoms with E-state index in [-0.39, 0.29) is 24.2 Å². The summed E-state index contributed by atoms with van der Waals surface area (Å²) >= 11 is 5.75. The van der Waals surface area contributed by atoms with E-state index < -0.39 is 24.4 Å². The zero-order valence-electron chi connectivity index (χ0n) is 15.1. The molecule has 8 heteroatoms. The van der Waals surface area contributed by atoms with Crippen molar-refractivity contribution in [3.05, 3.63) is 64.7 Å². The summed E-state index contributed by atoms with van der Waals surface area (Å²) in [5, 5.41) is 2.62. The number of benzene rings is 2. The summed E-state index contributed by atoms with van der Waals surface area (Å²) in [6.07, 6.45) is -0.242. The Morgan fingerprint density at radius 1 is 0.893 bits per heavy atom. The van der Waals surface area contributed by atoms with Crippen LogP contribution >= 0.6 is 11.6 Å². The molecular formula is C20H18ClNO6. The first-order valence-electron chi connectivity index (χ1n) is 8.31. The van der Waals surface area contributed by atoms with E-state index in [9.17, 15) is 19.2 Å². The summed E-state index contributed by atoms with van der Waals surface area (Å²) in [6, 6.07) is 12.4. The summed E-state index contributed by atoms with van der Waals surface area (Å²) < 4.78 is 9.77. The quantitative estimate of drug-likeness (QED) is 0.537. The lowest BCUT2D eigenvalue weighted by atomic mass is 10.1. The average molecular weight is 404 g/mol. The fourth-order valence-corrected chi connectivity index (χ4v) is 2.32. The standard InChI is InChI=1S/C20H18ClNO6/c1-27-16-8-4-14(5-9-16)20(26)22-18(24)12-28-19(25)11-10-17(23)13-2-6-15(21)7-3-13/h2-9H,10-12H2,1H3,(H,22,24,26). The molecule has 0 bridgehead atoms. The van der Waals surface area contributed by atoms with Gasteiger partial charge in [-0.15, -0.1) is 0 Å². The van der Waals surface area contributed by atoms with Gasteiger partial charge in [-0.2, -0.15) is 0 Å². The number of hydrogen-bond acceptors (Lipinski definition) is 6. The number of imide groups is 1. The van der Waals surface area contributed by atoms with Gasteiger partial charge in [-0.3, -0.25) is 24.5 Å². The van der Waals surface area contributed by atoms with Crippen molar-refractivity contribution in [1.29, 1.82) is 0 Å². The Labute approximate surface area is 166 Å². The summed E-state index contributed by atoms with van der Waals surface area (Å²) in [5.74, 6) is -1.77. The number of esters is 1. The van der Waals surface area contributed by atoms with Crippen molar-refractivity contribution in [2.45, 2.75) is 12.8 Å². The van der Waals surface area contributed by atoms with Gasteiger partial charge < -0.3 is 9.47 Å². The van der Waals surface area contributed by atoms with Crippen molar-refractivity contribution in [2.75, 3.05) is 13.7 Å². The van der Waals surface area contributed by atoms with Crippen LogP contribution in [0.1, 0.15) is 33.6 Å². The van der Waals surface area contributed by atoms with E-state index in [2.05, 4.69) is 5.32 Å². The Morgan fingerprint density at radius 3 is 2.11 bits per heavy atom. The maximum Gasteiger partial charge on any atom is 0.306 e. The van der Waals surface area contributed by atoms with Crippen LogP contribution in [0.5, 0.6) is 5.75 Å². The van der Waals surface area contributed by atoms with E-state index in [1.165, 1.54) is 19.2 Å². The number of Topliss-reactive ketones (excluding diaryl/α,β-unsaturated/α-hetero) is 1. The minimum atomic E-state index is -0.766. The van der Waals surface area contributed by atoms with Crippen LogP contribution in [-0.2, 0) is 14.3 Å². The van der Waals surface area contributed by atoms with Crippen molar-refractivity contribution in [3.8, 4) is 5.75 Å². The molecule has 0 aliphatic rings. The van der Waals surface area contributed by atoms with Crippen LogP contribution in [0.3, 0.4) is 0 Å². The highest BCUT2D eigenvalue weighted by atomic mass is 35.5. The Balaban J connectivity index is 1.72. The monoisotopic (exact) mass is 403 g/mol. The number of carbonyl (C=O) groups excluding carboxylic acids is 4. The van der Waals surface area contributed by atoms with Crippen LogP contribution in [-0.4, -0.2) is 37.3 Å². The summed E-state index contributed by atoms with van der Waals surface area (Å²) in [6.45, 7) is -0.615. The lowest BCUT2D eigenvalue weighted by Gasteiger charge is -2.06. The van der Waals surface area contributed by atoms with Gasteiger partial charge in [0.15, 0.2) is 12.4 Å². The van der Waals surface area contributed by atoms with Gasteiger partial charge in [-0.1, -0.05) is 11.6 Å². The predicted octanol–water partition coefficient (Wildman–Crippen LogP) is 2.81. The number of nitrogens with one attached hydrogen (secondary N) is 1. The fourth-order valence-electron chi connectivity index (χ4n) is 2.19. The highest BCUT2D eigenvalue weighted by Gasteiger charge is 2.14. The molecule has 0 saturated carbocycles. The fraction of sp³-hybridized carbons (Fsp3) is 0.200. The molecule has 0 aromatic heterocycles. The van der Waals surface area contributed by atoms with Gasteiger partial charge in [0.05, 0.1) is 13.5 Å². The largest absolute Gasteiger partial charge is 0.497 e. The molecule has 0 atom stereocenters. The number of halogens is 1. The zero-order chi connectivity index (χ0) is 20.5. The van der Waals surface area contributed by atoms with Crippen LogP contribution < -0.4 is 10.1 Å². The van der Waals surface area contributed by atoms with Crippen molar-refractivity contribution in [1.82, 2.24) is 5.32 Å². The van der Waals surface area contributed by atoms with Crippen molar-refractivity contribution in [2.24, 2.45) is 0 Å². The van der Waals surface area contributed by atoms with Crippen molar-refractivity contribution >= 4 is 35.2 Å². The highest BCUT2D eigenvalue weighted by molar-refractivity contribution is 6.30. The van der Waals surface area contributed by atoms with Gasteiger partial charge in [0.25, 0.3) is 11.8 Å². The maximum atomic E-state index is 12.0. The van der Waals surface area contributed by atoms with Gasteiger partial charge in [0.2, 0.25) is 0 Å². The number of hydrogen-bond donors (Lipinski definition) is 1. The Bertz CT molecular complexity index is 861. The number of ketones is 1. The van der Waals surface area contributed by atoms with Crippen molar-refractivity contribution < 1.29 is 28.7 Å². The van der Waals surface area contributed by atoms with E-state index in [1.807, 2.05) is 0 Å². The normalized spacial score (nSPS) is 10.1. The summed E-state index contributed by atoms with van der Waals surface area (Å²) in [4.78, 5) is 47.3. The molecule has 1 N–H and O–H groups in total. The van der Waals surface area contributed by atoms with Gasteiger partial charge in [-0.25, -0.2) is 0 Å². The molecule has 0 aliphatic carbocycles. The van der Waals surface area contributed by atoms with Gasteiger partial charge in [0, 0.05) is 22.6 Å². The average Bonchev–Trinajstić information content (AvgIpc) is 2.71. The predicted molar refractivity (Wildman–Crippen MR) is 101 cm³/mol. The molecule has 0 radical (unpaired) electrons. The molecule has 2 rings (SSSR count). The molecule has 2 aromatic rings. The van der Waals surface area contributed by atoms with Gasteiger partial charge >= 0.3 is 5.97 Å². The molecule has 0 spiro atoms.